The van der Waals surface area contributed by atoms with Gasteiger partial charge in [0, 0.05) is 31.0 Å². The Bertz CT molecular complexity index is 313. The molecule has 1 rings (SSSR count). The molecule has 0 spiro atoms. The summed E-state index contributed by atoms with van der Waals surface area (Å²) in [4.78, 5) is 11.7. The first-order valence-electron chi connectivity index (χ1n) is 8.32. The summed E-state index contributed by atoms with van der Waals surface area (Å²) in [5.74, 6) is 2.13. The van der Waals surface area contributed by atoms with E-state index in [0.717, 1.165) is 50.2 Å². The predicted octanol–water partition coefficient (Wildman–Crippen LogP) is 2.53. The second-order valence-corrected chi connectivity index (χ2v) is 8.06. The Kier molecular flexibility index (Phi) is 9.21. The maximum atomic E-state index is 11.7. The van der Waals surface area contributed by atoms with E-state index in [0.29, 0.717) is 6.04 Å². The van der Waals surface area contributed by atoms with Gasteiger partial charge in [0.1, 0.15) is 5.60 Å². The zero-order valence-electron chi connectivity index (χ0n) is 14.2. The van der Waals surface area contributed by atoms with E-state index in [1.165, 1.54) is 0 Å². The normalized spacial score (nSPS) is 22.4. The lowest BCUT2D eigenvalue weighted by Crippen LogP contribution is -2.44. The van der Waals surface area contributed by atoms with Gasteiger partial charge in [-0.05, 0) is 58.6 Å². The number of nitrogens with one attached hydrogen (secondary N) is 2. The lowest BCUT2D eigenvalue weighted by molar-refractivity contribution is 0.0490. The predicted molar refractivity (Wildman–Crippen MR) is 92.4 cm³/mol. The van der Waals surface area contributed by atoms with Crippen LogP contribution in [-0.4, -0.2) is 53.5 Å². The Labute approximate surface area is 138 Å². The van der Waals surface area contributed by atoms with Crippen LogP contribution in [-0.2, 0) is 4.74 Å². The van der Waals surface area contributed by atoms with Crippen molar-refractivity contribution in [1.82, 2.24) is 10.6 Å². The Morgan fingerprint density at radius 2 is 1.82 bits per heavy atom. The summed E-state index contributed by atoms with van der Waals surface area (Å²) < 4.78 is 5.29. The van der Waals surface area contributed by atoms with Gasteiger partial charge in [-0.25, -0.2) is 4.79 Å². The summed E-state index contributed by atoms with van der Waals surface area (Å²) in [6, 6.07) is 0.807. The van der Waals surface area contributed by atoms with Crippen molar-refractivity contribution in [1.29, 1.82) is 0 Å². The summed E-state index contributed by atoms with van der Waals surface area (Å²) in [6.07, 6.45) is 4.79. The van der Waals surface area contributed by atoms with Gasteiger partial charge in [-0.2, -0.15) is 11.8 Å². The largest absolute Gasteiger partial charge is 0.444 e. The molecule has 0 heterocycles. The first kappa shape index (κ1) is 19.6. The van der Waals surface area contributed by atoms with Crippen LogP contribution in [0.4, 0.5) is 4.79 Å². The number of carbonyl (C=O) groups is 1. The number of carbonyl (C=O) groups excluding carboxylic acids is 1. The highest BCUT2D eigenvalue weighted by atomic mass is 32.2. The van der Waals surface area contributed by atoms with E-state index < -0.39 is 5.60 Å². The van der Waals surface area contributed by atoms with Gasteiger partial charge in [0.2, 0.25) is 0 Å². The van der Waals surface area contributed by atoms with Gasteiger partial charge in [0.15, 0.2) is 0 Å². The van der Waals surface area contributed by atoms with Gasteiger partial charge >= 0.3 is 6.09 Å². The van der Waals surface area contributed by atoms with Gasteiger partial charge in [-0.1, -0.05) is 0 Å². The zero-order chi connectivity index (χ0) is 16.4. The molecule has 0 bridgehead atoms. The van der Waals surface area contributed by atoms with Crippen molar-refractivity contribution in [2.45, 2.75) is 70.6 Å². The molecule has 0 aromatic carbocycles. The second kappa shape index (κ2) is 10.3. The third-order valence-corrected chi connectivity index (χ3v) is 4.64. The zero-order valence-corrected chi connectivity index (χ0v) is 15.0. The molecule has 5 nitrogen and oxygen atoms in total. The molecule has 6 heteroatoms. The Morgan fingerprint density at radius 3 is 2.41 bits per heavy atom. The standard InChI is InChI=1S/C16H32N2O3S/c1-16(2,3)21-15(20)18-14-7-5-13(6-8-14)17-9-12-22-11-4-10-19/h13-14,17,19H,4-12H2,1-3H3,(H,18,20). The van der Waals surface area contributed by atoms with Crippen LogP contribution in [0.15, 0.2) is 0 Å². The minimum atomic E-state index is -0.434. The van der Waals surface area contributed by atoms with Crippen LogP contribution in [0, 0.1) is 0 Å². The molecule has 1 aliphatic rings. The molecule has 0 unspecified atom stereocenters. The molecule has 0 aromatic rings. The van der Waals surface area contributed by atoms with E-state index in [4.69, 9.17) is 9.84 Å². The lowest BCUT2D eigenvalue weighted by atomic mass is 9.91. The Balaban J connectivity index is 2.07. The number of hydrogen-bond donors (Lipinski definition) is 3. The summed E-state index contributed by atoms with van der Waals surface area (Å²) >= 11 is 1.88. The number of amides is 1. The monoisotopic (exact) mass is 332 g/mol. The number of ether oxygens (including phenoxy) is 1. The molecule has 1 amide bonds. The van der Waals surface area contributed by atoms with Crippen molar-refractivity contribution in [2.24, 2.45) is 0 Å². The van der Waals surface area contributed by atoms with Gasteiger partial charge in [-0.3, -0.25) is 0 Å². The maximum absolute atomic E-state index is 11.7. The van der Waals surface area contributed by atoms with E-state index in [1.807, 2.05) is 32.5 Å². The maximum Gasteiger partial charge on any atom is 0.407 e. The molecule has 0 aliphatic heterocycles. The fourth-order valence-corrected chi connectivity index (χ4v) is 3.32. The average molecular weight is 333 g/mol. The van der Waals surface area contributed by atoms with E-state index in [-0.39, 0.29) is 18.7 Å². The second-order valence-electron chi connectivity index (χ2n) is 6.84. The molecular weight excluding hydrogens is 300 g/mol. The van der Waals surface area contributed by atoms with E-state index in [2.05, 4.69) is 10.6 Å². The molecule has 3 N–H and O–H groups in total. The quantitative estimate of drug-likeness (QED) is 0.596. The van der Waals surface area contributed by atoms with Crippen molar-refractivity contribution in [3.05, 3.63) is 0 Å². The summed E-state index contributed by atoms with van der Waals surface area (Å²) in [7, 11) is 0. The minimum Gasteiger partial charge on any atom is -0.444 e. The Morgan fingerprint density at radius 1 is 1.18 bits per heavy atom. The number of aliphatic hydroxyl groups excluding tert-OH is 1. The van der Waals surface area contributed by atoms with Crippen molar-refractivity contribution in [3.63, 3.8) is 0 Å². The van der Waals surface area contributed by atoms with Crippen LogP contribution in [0.5, 0.6) is 0 Å². The third kappa shape index (κ3) is 9.54. The lowest BCUT2D eigenvalue weighted by Gasteiger charge is -2.30. The van der Waals surface area contributed by atoms with Gasteiger partial charge in [0.25, 0.3) is 0 Å². The third-order valence-electron chi connectivity index (χ3n) is 3.57. The Hall–Kier alpha value is -0.460. The summed E-state index contributed by atoms with van der Waals surface area (Å²) in [5, 5.41) is 15.3. The van der Waals surface area contributed by atoms with Crippen LogP contribution in [0.25, 0.3) is 0 Å². The SMILES string of the molecule is CC(C)(C)OC(=O)NC1CCC(NCCSCCCO)CC1. The molecule has 0 aromatic heterocycles. The molecule has 1 aliphatic carbocycles. The molecule has 0 radical (unpaired) electrons. The smallest absolute Gasteiger partial charge is 0.407 e. The highest BCUT2D eigenvalue weighted by Crippen LogP contribution is 2.19. The van der Waals surface area contributed by atoms with Gasteiger partial charge in [0.05, 0.1) is 0 Å². The number of hydrogen-bond acceptors (Lipinski definition) is 5. The van der Waals surface area contributed by atoms with Crippen LogP contribution in [0.1, 0.15) is 52.9 Å². The highest BCUT2D eigenvalue weighted by molar-refractivity contribution is 7.99. The highest BCUT2D eigenvalue weighted by Gasteiger charge is 2.24. The van der Waals surface area contributed by atoms with Crippen molar-refractivity contribution >= 4 is 17.9 Å². The topological polar surface area (TPSA) is 70.6 Å². The number of thioether (sulfide) groups is 1. The summed E-state index contributed by atoms with van der Waals surface area (Å²) in [6.45, 7) is 6.95. The first-order valence-corrected chi connectivity index (χ1v) is 9.47. The number of alkyl carbamates (subject to hydrolysis) is 1. The van der Waals surface area contributed by atoms with E-state index >= 15 is 0 Å². The molecule has 0 atom stereocenters. The van der Waals surface area contributed by atoms with Gasteiger partial charge < -0.3 is 20.5 Å². The minimum absolute atomic E-state index is 0.242. The fourth-order valence-electron chi connectivity index (χ4n) is 2.52. The molecule has 1 saturated carbocycles. The van der Waals surface area contributed by atoms with Crippen LogP contribution >= 0.6 is 11.8 Å². The van der Waals surface area contributed by atoms with Crippen LogP contribution in [0.3, 0.4) is 0 Å². The molecular formula is C16H32N2O3S. The molecule has 1 fully saturated rings. The first-order chi connectivity index (χ1) is 10.4. The number of aliphatic hydroxyl groups is 1. The van der Waals surface area contributed by atoms with E-state index in [1.54, 1.807) is 0 Å². The van der Waals surface area contributed by atoms with Gasteiger partial charge in [-0.15, -0.1) is 0 Å². The van der Waals surface area contributed by atoms with Crippen molar-refractivity contribution < 1.29 is 14.6 Å². The molecule has 22 heavy (non-hydrogen) atoms. The van der Waals surface area contributed by atoms with Crippen LogP contribution in [0.2, 0.25) is 0 Å². The number of rotatable bonds is 8. The molecule has 130 valence electrons. The average Bonchev–Trinajstić information content (AvgIpc) is 2.42. The fraction of sp³-hybridized carbons (Fsp3) is 0.938. The van der Waals surface area contributed by atoms with E-state index in [9.17, 15) is 4.79 Å². The van der Waals surface area contributed by atoms with Crippen molar-refractivity contribution in [2.75, 3.05) is 24.7 Å². The molecule has 0 saturated heterocycles. The van der Waals surface area contributed by atoms with Crippen LogP contribution < -0.4 is 10.6 Å². The summed E-state index contributed by atoms with van der Waals surface area (Å²) in [5.41, 5.74) is -0.434. The van der Waals surface area contributed by atoms with Crippen molar-refractivity contribution in [3.8, 4) is 0 Å².